The third kappa shape index (κ3) is 2.52. The van der Waals surface area contributed by atoms with Crippen molar-refractivity contribution in [2.24, 2.45) is 5.92 Å². The van der Waals surface area contributed by atoms with Crippen LogP contribution in [0.4, 0.5) is 11.4 Å². The molecule has 0 saturated carbocycles. The second-order valence-corrected chi connectivity index (χ2v) is 5.06. The van der Waals surface area contributed by atoms with Gasteiger partial charge < -0.3 is 15.2 Å². The molecule has 20 heavy (non-hydrogen) atoms. The van der Waals surface area contributed by atoms with Gasteiger partial charge in [0.1, 0.15) is 11.2 Å². The maximum atomic E-state index is 11.2. The first-order chi connectivity index (χ1) is 9.41. The second kappa shape index (κ2) is 5.37. The topological polar surface area (TPSA) is 121 Å². The first kappa shape index (κ1) is 14.1. The molecule has 0 fully saturated rings. The van der Waals surface area contributed by atoms with Gasteiger partial charge in [0.25, 0.3) is 0 Å². The zero-order valence-electron chi connectivity index (χ0n) is 10.7. The molecule has 1 aromatic carbocycles. The molecule has 2 aromatic rings. The maximum Gasteiger partial charge on any atom is 0.321 e. The van der Waals surface area contributed by atoms with Crippen molar-refractivity contribution in [3.8, 4) is 0 Å². The molecule has 1 N–H and O–H groups in total. The van der Waals surface area contributed by atoms with Crippen molar-refractivity contribution in [1.82, 2.24) is 8.75 Å². The molecule has 9 heteroatoms. The number of carboxylic acids is 1. The van der Waals surface area contributed by atoms with Gasteiger partial charge in [0, 0.05) is 0 Å². The maximum absolute atomic E-state index is 11.2. The number of rotatable bonds is 5. The van der Waals surface area contributed by atoms with Gasteiger partial charge in [-0.15, -0.1) is 0 Å². The normalized spacial score (nSPS) is 12.6. The monoisotopic (exact) mass is 295 g/mol. The van der Waals surface area contributed by atoms with Crippen molar-refractivity contribution in [2.45, 2.75) is 19.9 Å². The van der Waals surface area contributed by atoms with E-state index >= 15 is 0 Å². The predicted molar refractivity (Wildman–Crippen MR) is 71.3 cm³/mol. The van der Waals surface area contributed by atoms with Crippen LogP contribution in [0.1, 0.15) is 13.8 Å². The lowest BCUT2D eigenvalue weighted by Crippen LogP contribution is -2.44. The third-order valence-electron chi connectivity index (χ3n) is 2.82. The van der Waals surface area contributed by atoms with E-state index in [-0.39, 0.29) is 22.8 Å². The van der Waals surface area contributed by atoms with Gasteiger partial charge in [0.2, 0.25) is 0 Å². The molecule has 1 aromatic heterocycles. The highest BCUT2D eigenvalue weighted by Gasteiger charge is 2.24. The lowest BCUT2D eigenvalue weighted by atomic mass is 10.0. The third-order valence-corrected chi connectivity index (χ3v) is 3.36. The van der Waals surface area contributed by atoms with E-state index in [9.17, 15) is 20.0 Å². The first-order valence-corrected chi connectivity index (χ1v) is 6.52. The first-order valence-electron chi connectivity index (χ1n) is 5.79. The number of nitrogens with zero attached hydrogens (tertiary/aromatic N) is 3. The standard InChI is InChI=1S/C11H12N4O4S/c1-5(2)8(11(16)17)12-7-4-3-6-9(14-20-13-6)10(7)15(18)19/h3-5,8,12H,1-2H3,(H,16,17)/p-1/t8-/m0/s1. The van der Waals surface area contributed by atoms with Gasteiger partial charge in [-0.2, -0.15) is 8.75 Å². The Morgan fingerprint density at radius 2 is 2.10 bits per heavy atom. The van der Waals surface area contributed by atoms with Gasteiger partial charge in [-0.05, 0) is 18.1 Å². The average Bonchev–Trinajstić information content (AvgIpc) is 2.81. The van der Waals surface area contributed by atoms with E-state index < -0.39 is 16.9 Å². The summed E-state index contributed by atoms with van der Waals surface area (Å²) in [7, 11) is 0. The van der Waals surface area contributed by atoms with Crippen molar-refractivity contribution in [3.63, 3.8) is 0 Å². The molecule has 0 bridgehead atoms. The molecule has 1 heterocycles. The lowest BCUT2D eigenvalue weighted by Gasteiger charge is -2.24. The summed E-state index contributed by atoms with van der Waals surface area (Å²) >= 11 is 0.864. The number of benzene rings is 1. The largest absolute Gasteiger partial charge is 0.548 e. The average molecular weight is 295 g/mol. The molecule has 106 valence electrons. The number of carbonyl (C=O) groups excluding carboxylic acids is 1. The Hall–Kier alpha value is -2.29. The number of fused-ring (bicyclic) bond motifs is 1. The lowest BCUT2D eigenvalue weighted by molar-refractivity contribution is -0.382. The van der Waals surface area contributed by atoms with Crippen LogP contribution in [0.3, 0.4) is 0 Å². The highest BCUT2D eigenvalue weighted by atomic mass is 32.1. The summed E-state index contributed by atoms with van der Waals surface area (Å²) in [5.41, 5.74) is 0.369. The number of nitro benzene ring substituents is 1. The van der Waals surface area contributed by atoms with Crippen LogP contribution < -0.4 is 10.4 Å². The predicted octanol–water partition coefficient (Wildman–Crippen LogP) is 0.786. The number of nitro groups is 1. The van der Waals surface area contributed by atoms with Gasteiger partial charge in [0.15, 0.2) is 5.52 Å². The van der Waals surface area contributed by atoms with Gasteiger partial charge in [-0.25, -0.2) is 0 Å². The fourth-order valence-corrected chi connectivity index (χ4v) is 2.34. The van der Waals surface area contributed by atoms with Crippen LogP contribution >= 0.6 is 11.7 Å². The zero-order valence-corrected chi connectivity index (χ0v) is 11.5. The quantitative estimate of drug-likeness (QED) is 0.639. The Morgan fingerprint density at radius 3 is 2.65 bits per heavy atom. The molecule has 2 rings (SSSR count). The molecule has 0 spiro atoms. The summed E-state index contributed by atoms with van der Waals surface area (Å²) < 4.78 is 7.81. The van der Waals surface area contributed by atoms with E-state index in [1.54, 1.807) is 19.9 Å². The van der Waals surface area contributed by atoms with E-state index in [1.807, 2.05) is 0 Å². The van der Waals surface area contributed by atoms with Crippen molar-refractivity contribution in [2.75, 3.05) is 5.32 Å². The molecule has 0 saturated heterocycles. The Bertz CT molecular complexity index is 669. The van der Waals surface area contributed by atoms with E-state index in [1.165, 1.54) is 6.07 Å². The number of aliphatic carboxylic acids is 1. The van der Waals surface area contributed by atoms with Gasteiger partial charge in [0.05, 0.1) is 28.7 Å². The van der Waals surface area contributed by atoms with Gasteiger partial charge in [-0.1, -0.05) is 13.8 Å². The SMILES string of the molecule is CC(C)[C@H](Nc1ccc2nsnc2c1[N+](=O)[O-])C(=O)[O-]. The Kier molecular flexibility index (Phi) is 3.79. The highest BCUT2D eigenvalue weighted by Crippen LogP contribution is 2.33. The Labute approximate surface area is 117 Å². The molecule has 1 atom stereocenters. The summed E-state index contributed by atoms with van der Waals surface area (Å²) in [6, 6.07) is 1.96. The molecule has 0 unspecified atom stereocenters. The minimum absolute atomic E-state index is 0.0955. The molecule has 0 aliphatic rings. The fraction of sp³-hybridized carbons (Fsp3) is 0.364. The van der Waals surface area contributed by atoms with E-state index in [4.69, 9.17) is 0 Å². The van der Waals surface area contributed by atoms with E-state index in [0.717, 1.165) is 11.7 Å². The number of carbonyl (C=O) groups is 1. The number of carboxylic acid groups (broad SMARTS) is 1. The van der Waals surface area contributed by atoms with Crippen LogP contribution in [-0.4, -0.2) is 25.7 Å². The second-order valence-electron chi connectivity index (χ2n) is 4.54. The van der Waals surface area contributed by atoms with Crippen molar-refractivity contribution >= 4 is 40.1 Å². The molecular formula is C11H11N4O4S-. The zero-order chi connectivity index (χ0) is 14.9. The number of hydrogen-bond donors (Lipinski definition) is 1. The summed E-state index contributed by atoms with van der Waals surface area (Å²) in [6.07, 6.45) is 0. The minimum Gasteiger partial charge on any atom is -0.548 e. The summed E-state index contributed by atoms with van der Waals surface area (Å²) in [4.78, 5) is 21.7. The van der Waals surface area contributed by atoms with Crippen molar-refractivity contribution in [1.29, 1.82) is 0 Å². The van der Waals surface area contributed by atoms with Gasteiger partial charge in [-0.3, -0.25) is 10.1 Å². The van der Waals surface area contributed by atoms with Crippen molar-refractivity contribution in [3.05, 3.63) is 22.2 Å². The molecule has 0 amide bonds. The van der Waals surface area contributed by atoms with Crippen LogP contribution in [0.5, 0.6) is 0 Å². The highest BCUT2D eigenvalue weighted by molar-refractivity contribution is 7.00. The minimum atomic E-state index is -1.31. The molecule has 0 aliphatic heterocycles. The fourth-order valence-electron chi connectivity index (χ4n) is 1.80. The molecule has 0 radical (unpaired) electrons. The number of anilines is 1. The van der Waals surface area contributed by atoms with Crippen LogP contribution in [0.2, 0.25) is 0 Å². The van der Waals surface area contributed by atoms with E-state index in [2.05, 4.69) is 14.1 Å². The summed E-state index contributed by atoms with van der Waals surface area (Å²) in [5, 5.41) is 24.9. The summed E-state index contributed by atoms with van der Waals surface area (Å²) in [5.74, 6) is -1.60. The summed E-state index contributed by atoms with van der Waals surface area (Å²) in [6.45, 7) is 3.37. The van der Waals surface area contributed by atoms with Crippen LogP contribution in [0.25, 0.3) is 11.0 Å². The Morgan fingerprint density at radius 1 is 1.40 bits per heavy atom. The molecular weight excluding hydrogens is 284 g/mol. The number of nitrogens with one attached hydrogen (secondary N) is 1. The van der Waals surface area contributed by atoms with E-state index in [0.29, 0.717) is 5.52 Å². The van der Waals surface area contributed by atoms with Crippen molar-refractivity contribution < 1.29 is 14.8 Å². The van der Waals surface area contributed by atoms with Gasteiger partial charge >= 0.3 is 5.69 Å². The molecule has 0 aliphatic carbocycles. The van der Waals surface area contributed by atoms with Crippen LogP contribution in [0.15, 0.2) is 12.1 Å². The number of hydrogen-bond acceptors (Lipinski definition) is 8. The smallest absolute Gasteiger partial charge is 0.321 e. The van der Waals surface area contributed by atoms with Crippen LogP contribution in [0, 0.1) is 16.0 Å². The molecule has 8 nitrogen and oxygen atoms in total. The Balaban J connectivity index is 2.50. The van der Waals surface area contributed by atoms with Crippen LogP contribution in [-0.2, 0) is 4.79 Å². The number of aromatic nitrogens is 2.